The van der Waals surface area contributed by atoms with Crippen LogP contribution in [0.2, 0.25) is 0 Å². The van der Waals surface area contributed by atoms with Crippen molar-refractivity contribution >= 4 is 33.1 Å². The average molecular weight is 542 g/mol. The first kappa shape index (κ1) is 24.3. The Balaban J connectivity index is 1.32. The molecule has 8 aromatic rings. The van der Waals surface area contributed by atoms with E-state index in [2.05, 4.69) is 134 Å². The third kappa shape index (κ3) is 3.84. The summed E-state index contributed by atoms with van der Waals surface area (Å²) >= 11 is 0. The second-order valence-electron chi connectivity index (χ2n) is 10.8. The highest BCUT2D eigenvalue weighted by Crippen LogP contribution is 2.38. The molecule has 0 amide bonds. The van der Waals surface area contributed by atoms with Crippen LogP contribution in [0, 0.1) is 13.8 Å². The summed E-state index contributed by atoms with van der Waals surface area (Å²) in [4.78, 5) is 10.1. The van der Waals surface area contributed by atoms with Crippen LogP contribution in [0.4, 0.5) is 0 Å². The van der Waals surface area contributed by atoms with Crippen LogP contribution in [0.1, 0.15) is 11.1 Å². The van der Waals surface area contributed by atoms with Crippen molar-refractivity contribution in [2.24, 2.45) is 0 Å². The fourth-order valence-electron chi connectivity index (χ4n) is 6.11. The van der Waals surface area contributed by atoms with Crippen LogP contribution >= 0.6 is 0 Å². The van der Waals surface area contributed by atoms with Crippen molar-refractivity contribution in [2.45, 2.75) is 13.8 Å². The Kier molecular flexibility index (Phi) is 5.54. The van der Waals surface area contributed by atoms with Crippen LogP contribution in [-0.2, 0) is 0 Å². The molecule has 0 aliphatic rings. The topological polar surface area (TPSA) is 43.9 Å². The van der Waals surface area contributed by atoms with Crippen molar-refractivity contribution in [2.75, 3.05) is 0 Å². The molecule has 3 aromatic heterocycles. The molecule has 8 rings (SSSR count). The number of fused-ring (bicyclic) bond motifs is 4. The average Bonchev–Trinajstić information content (AvgIpc) is 3.60. The summed E-state index contributed by atoms with van der Waals surface area (Å²) in [6, 6.07) is 44.2. The molecule has 0 unspecified atom stereocenters. The quantitative estimate of drug-likeness (QED) is 0.223. The minimum atomic E-state index is 0.632. The first-order chi connectivity index (χ1) is 20.7. The maximum Gasteiger partial charge on any atom is 0.227 e. The van der Waals surface area contributed by atoms with E-state index in [0.717, 1.165) is 55.7 Å². The number of hydrogen-bond acceptors (Lipinski definition) is 3. The molecular weight excluding hydrogens is 514 g/mol. The Bertz CT molecular complexity index is 2240. The number of nitrogens with zero attached hydrogens (tertiary/aromatic N) is 3. The van der Waals surface area contributed by atoms with E-state index in [0.29, 0.717) is 5.71 Å². The molecule has 4 heteroatoms. The fourth-order valence-corrected chi connectivity index (χ4v) is 6.11. The van der Waals surface area contributed by atoms with Gasteiger partial charge in [-0.05, 0) is 78.6 Å². The van der Waals surface area contributed by atoms with Crippen molar-refractivity contribution in [3.8, 4) is 39.5 Å². The number of aryl methyl sites for hydroxylation is 2. The summed E-state index contributed by atoms with van der Waals surface area (Å²) in [5.41, 5.74) is 12.2. The normalized spacial score (nSPS) is 11.6. The molecule has 4 nitrogen and oxygen atoms in total. The molecule has 5 aromatic carbocycles. The maximum absolute atomic E-state index is 6.58. The number of hydrogen-bond donors (Lipinski definition) is 0. The largest absolute Gasteiger partial charge is 0.437 e. The van der Waals surface area contributed by atoms with Gasteiger partial charge in [0.15, 0.2) is 0 Å². The van der Waals surface area contributed by atoms with E-state index >= 15 is 0 Å². The van der Waals surface area contributed by atoms with Crippen molar-refractivity contribution in [1.29, 1.82) is 0 Å². The molecule has 0 N–H and O–H groups in total. The molecule has 0 aliphatic heterocycles. The molecule has 0 spiro atoms. The van der Waals surface area contributed by atoms with Crippen molar-refractivity contribution in [3.63, 3.8) is 0 Å². The highest BCUT2D eigenvalue weighted by Gasteiger charge is 2.20. The molecule has 0 radical (unpaired) electrons. The number of furan rings is 1. The van der Waals surface area contributed by atoms with Gasteiger partial charge in [-0.2, -0.15) is 0 Å². The van der Waals surface area contributed by atoms with E-state index in [4.69, 9.17) is 14.4 Å². The number of pyridine rings is 1. The zero-order valence-corrected chi connectivity index (χ0v) is 23.4. The molecule has 0 aliphatic carbocycles. The van der Waals surface area contributed by atoms with Crippen molar-refractivity contribution in [1.82, 2.24) is 14.5 Å². The summed E-state index contributed by atoms with van der Waals surface area (Å²) in [7, 11) is 0. The van der Waals surface area contributed by atoms with Gasteiger partial charge in [-0.25, -0.2) is 9.97 Å². The third-order valence-corrected chi connectivity index (χ3v) is 8.14. The van der Waals surface area contributed by atoms with Gasteiger partial charge < -0.3 is 4.42 Å². The van der Waals surface area contributed by atoms with Gasteiger partial charge in [0, 0.05) is 22.0 Å². The zero-order valence-electron chi connectivity index (χ0n) is 23.4. The van der Waals surface area contributed by atoms with E-state index in [-0.39, 0.29) is 0 Å². The van der Waals surface area contributed by atoms with Gasteiger partial charge in [-0.3, -0.25) is 4.57 Å². The molecule has 3 heterocycles. The van der Waals surface area contributed by atoms with E-state index < -0.39 is 0 Å². The summed E-state index contributed by atoms with van der Waals surface area (Å²) in [6.45, 7) is 4.25. The van der Waals surface area contributed by atoms with E-state index in [9.17, 15) is 0 Å². The van der Waals surface area contributed by atoms with Gasteiger partial charge in [0.25, 0.3) is 0 Å². The number of para-hydroxylation sites is 3. The predicted molar refractivity (Wildman–Crippen MR) is 172 cm³/mol. The minimum absolute atomic E-state index is 0.632. The monoisotopic (exact) mass is 541 g/mol. The summed E-state index contributed by atoms with van der Waals surface area (Å²) in [6.07, 6.45) is 0. The van der Waals surface area contributed by atoms with Crippen LogP contribution < -0.4 is 0 Å². The first-order valence-corrected chi connectivity index (χ1v) is 14.2. The maximum atomic E-state index is 6.58. The minimum Gasteiger partial charge on any atom is -0.437 e. The second kappa shape index (κ2) is 9.57. The Hall–Kier alpha value is -5.48. The number of aromatic nitrogens is 3. The van der Waals surface area contributed by atoms with E-state index in [1.165, 1.54) is 22.3 Å². The van der Waals surface area contributed by atoms with Crippen LogP contribution in [0.25, 0.3) is 72.6 Å². The second-order valence-corrected chi connectivity index (χ2v) is 10.8. The highest BCUT2D eigenvalue weighted by atomic mass is 16.3. The van der Waals surface area contributed by atoms with E-state index in [1.54, 1.807) is 0 Å². The van der Waals surface area contributed by atoms with Crippen LogP contribution in [0.3, 0.4) is 0 Å². The lowest BCUT2D eigenvalue weighted by molar-refractivity contribution is 0.655. The van der Waals surface area contributed by atoms with Gasteiger partial charge >= 0.3 is 0 Å². The standard InChI is InChI=1S/C38H27N3O/c1-24-10-8-11-25(2)35(24)33-23-22-30-29-14-9-15-31(36(29)42-38(30)40-33)37-39-32-16-6-7-17-34(32)41(37)28-20-18-27(19-21-28)26-12-4-3-5-13-26/h3-23H,1-2H3. The Morgan fingerprint density at radius 2 is 1.29 bits per heavy atom. The molecule has 0 fully saturated rings. The van der Waals surface area contributed by atoms with Gasteiger partial charge in [-0.1, -0.05) is 84.9 Å². The van der Waals surface area contributed by atoms with Crippen molar-refractivity contribution < 1.29 is 4.42 Å². The summed E-state index contributed by atoms with van der Waals surface area (Å²) in [5, 5.41) is 2.03. The zero-order chi connectivity index (χ0) is 28.2. The highest BCUT2D eigenvalue weighted by molar-refractivity contribution is 6.09. The SMILES string of the molecule is Cc1cccc(C)c1-c1ccc2c(n1)oc1c(-c3nc4ccccc4n3-c3ccc(-c4ccccc4)cc3)cccc12. The molecule has 0 saturated carbocycles. The Labute approximate surface area is 243 Å². The molecular formula is C38H27N3O. The lowest BCUT2D eigenvalue weighted by atomic mass is 9.99. The number of benzene rings is 5. The van der Waals surface area contributed by atoms with Gasteiger partial charge in [0.1, 0.15) is 11.4 Å². The Morgan fingerprint density at radius 1 is 0.571 bits per heavy atom. The van der Waals surface area contributed by atoms with Gasteiger partial charge in [0.2, 0.25) is 5.71 Å². The molecule has 0 saturated heterocycles. The van der Waals surface area contributed by atoms with Crippen LogP contribution in [-0.4, -0.2) is 14.5 Å². The number of imidazole rings is 1. The first-order valence-electron chi connectivity index (χ1n) is 14.2. The Morgan fingerprint density at radius 3 is 2.10 bits per heavy atom. The lowest BCUT2D eigenvalue weighted by Gasteiger charge is -2.11. The van der Waals surface area contributed by atoms with Gasteiger partial charge in [0.05, 0.1) is 22.3 Å². The summed E-state index contributed by atoms with van der Waals surface area (Å²) < 4.78 is 8.80. The smallest absolute Gasteiger partial charge is 0.227 e. The molecule has 0 bridgehead atoms. The van der Waals surface area contributed by atoms with Crippen LogP contribution in [0.5, 0.6) is 0 Å². The fraction of sp³-hybridized carbons (Fsp3) is 0.0526. The molecule has 0 atom stereocenters. The molecule has 42 heavy (non-hydrogen) atoms. The third-order valence-electron chi connectivity index (χ3n) is 8.14. The van der Waals surface area contributed by atoms with E-state index in [1.807, 2.05) is 12.1 Å². The summed E-state index contributed by atoms with van der Waals surface area (Å²) in [5.74, 6) is 0.836. The van der Waals surface area contributed by atoms with Crippen LogP contribution in [0.15, 0.2) is 132 Å². The lowest BCUT2D eigenvalue weighted by Crippen LogP contribution is -1.98. The van der Waals surface area contributed by atoms with Crippen molar-refractivity contribution in [3.05, 3.63) is 139 Å². The predicted octanol–water partition coefficient (Wildman–Crippen LogP) is 9.94. The molecule has 200 valence electrons. The number of rotatable bonds is 4. The van der Waals surface area contributed by atoms with Gasteiger partial charge in [-0.15, -0.1) is 0 Å².